The van der Waals surface area contributed by atoms with E-state index in [-0.39, 0.29) is 36.0 Å². The normalized spacial score (nSPS) is 22.0. The van der Waals surface area contributed by atoms with Crippen LogP contribution >= 0.6 is 24.0 Å². The second-order valence-electron chi connectivity index (χ2n) is 8.27. The van der Waals surface area contributed by atoms with Crippen molar-refractivity contribution >= 4 is 29.9 Å². The van der Waals surface area contributed by atoms with E-state index in [1.165, 1.54) is 25.7 Å². The highest BCUT2D eigenvalue weighted by atomic mass is 127. The van der Waals surface area contributed by atoms with Crippen molar-refractivity contribution in [2.75, 3.05) is 39.5 Å². The Labute approximate surface area is 170 Å². The predicted molar refractivity (Wildman–Crippen MR) is 115 cm³/mol. The second-order valence-corrected chi connectivity index (χ2v) is 8.27. The zero-order chi connectivity index (χ0) is 17.5. The SMILES string of the molecule is CCNC(=NCC1(CO)CCOCC1)NCC1(CC(C)C)CCC1.I. The number of rotatable bonds is 8. The molecule has 2 aliphatic rings. The van der Waals surface area contributed by atoms with Crippen molar-refractivity contribution in [1.82, 2.24) is 10.6 Å². The van der Waals surface area contributed by atoms with Gasteiger partial charge in [-0.2, -0.15) is 0 Å². The van der Waals surface area contributed by atoms with Crippen LogP contribution in [0.4, 0.5) is 0 Å². The van der Waals surface area contributed by atoms with Crippen LogP contribution in [0.25, 0.3) is 0 Å². The zero-order valence-electron chi connectivity index (χ0n) is 16.3. The lowest BCUT2D eigenvalue weighted by Crippen LogP contribution is -2.47. The summed E-state index contributed by atoms with van der Waals surface area (Å²) in [6.45, 7) is 10.9. The molecule has 0 atom stereocenters. The molecule has 25 heavy (non-hydrogen) atoms. The predicted octanol–water partition coefficient (Wildman–Crippen LogP) is 3.17. The lowest BCUT2D eigenvalue weighted by Gasteiger charge is -2.43. The quantitative estimate of drug-likeness (QED) is 0.292. The third kappa shape index (κ3) is 6.86. The van der Waals surface area contributed by atoms with Crippen LogP contribution < -0.4 is 10.6 Å². The smallest absolute Gasteiger partial charge is 0.191 e. The highest BCUT2D eigenvalue weighted by Gasteiger charge is 2.37. The fourth-order valence-electron chi connectivity index (χ4n) is 4.03. The lowest BCUT2D eigenvalue weighted by molar-refractivity contribution is -0.0106. The minimum Gasteiger partial charge on any atom is -0.396 e. The van der Waals surface area contributed by atoms with Crippen molar-refractivity contribution in [2.24, 2.45) is 21.7 Å². The molecule has 6 heteroatoms. The molecule has 0 aromatic rings. The van der Waals surface area contributed by atoms with Gasteiger partial charge in [-0.15, -0.1) is 24.0 Å². The van der Waals surface area contributed by atoms with Gasteiger partial charge in [0, 0.05) is 31.7 Å². The number of halogens is 1. The maximum Gasteiger partial charge on any atom is 0.191 e. The minimum atomic E-state index is -0.104. The first-order valence-corrected chi connectivity index (χ1v) is 9.74. The molecule has 2 fully saturated rings. The van der Waals surface area contributed by atoms with Crippen LogP contribution in [0.2, 0.25) is 0 Å². The molecule has 0 aromatic heterocycles. The Balaban J connectivity index is 0.00000312. The van der Waals surface area contributed by atoms with Crippen molar-refractivity contribution in [3.8, 4) is 0 Å². The molecular formula is C19H38IN3O2. The molecule has 1 heterocycles. The van der Waals surface area contributed by atoms with Gasteiger partial charge in [-0.1, -0.05) is 20.3 Å². The van der Waals surface area contributed by atoms with Crippen molar-refractivity contribution in [2.45, 2.75) is 59.3 Å². The number of nitrogens with one attached hydrogen (secondary N) is 2. The van der Waals surface area contributed by atoms with Gasteiger partial charge in [-0.3, -0.25) is 4.99 Å². The summed E-state index contributed by atoms with van der Waals surface area (Å²) >= 11 is 0. The van der Waals surface area contributed by atoms with Crippen LogP contribution in [-0.4, -0.2) is 50.5 Å². The van der Waals surface area contributed by atoms with Crippen molar-refractivity contribution in [1.29, 1.82) is 0 Å². The summed E-state index contributed by atoms with van der Waals surface area (Å²) in [6.07, 6.45) is 7.09. The summed E-state index contributed by atoms with van der Waals surface area (Å²) in [5.74, 6) is 1.64. The van der Waals surface area contributed by atoms with E-state index in [0.717, 1.165) is 51.0 Å². The maximum absolute atomic E-state index is 9.82. The van der Waals surface area contributed by atoms with Crippen LogP contribution in [0.5, 0.6) is 0 Å². The summed E-state index contributed by atoms with van der Waals surface area (Å²) in [5, 5.41) is 16.8. The second kappa shape index (κ2) is 10.9. The summed E-state index contributed by atoms with van der Waals surface area (Å²) in [6, 6.07) is 0. The molecule has 1 aliphatic carbocycles. The van der Waals surface area contributed by atoms with Crippen LogP contribution in [0.1, 0.15) is 59.3 Å². The molecule has 0 amide bonds. The summed E-state index contributed by atoms with van der Waals surface area (Å²) in [5.41, 5.74) is 0.352. The molecule has 1 saturated heterocycles. The fourth-order valence-corrected chi connectivity index (χ4v) is 4.03. The van der Waals surface area contributed by atoms with Crippen LogP contribution in [0.15, 0.2) is 4.99 Å². The molecule has 0 spiro atoms. The van der Waals surface area contributed by atoms with Crippen molar-refractivity contribution in [3.63, 3.8) is 0 Å². The summed E-state index contributed by atoms with van der Waals surface area (Å²) in [7, 11) is 0. The highest BCUT2D eigenvalue weighted by molar-refractivity contribution is 14.0. The molecule has 1 saturated carbocycles. The highest BCUT2D eigenvalue weighted by Crippen LogP contribution is 2.45. The van der Waals surface area contributed by atoms with E-state index in [4.69, 9.17) is 9.73 Å². The maximum atomic E-state index is 9.82. The van der Waals surface area contributed by atoms with Gasteiger partial charge >= 0.3 is 0 Å². The van der Waals surface area contributed by atoms with Gasteiger partial charge in [0.1, 0.15) is 0 Å². The van der Waals surface area contributed by atoms with Gasteiger partial charge in [-0.05, 0) is 50.4 Å². The lowest BCUT2D eigenvalue weighted by atomic mass is 9.64. The monoisotopic (exact) mass is 467 g/mol. The molecule has 1 aliphatic heterocycles. The van der Waals surface area contributed by atoms with Gasteiger partial charge in [-0.25, -0.2) is 0 Å². The Morgan fingerprint density at radius 3 is 2.28 bits per heavy atom. The molecule has 3 N–H and O–H groups in total. The first-order chi connectivity index (χ1) is 11.5. The van der Waals surface area contributed by atoms with E-state index in [9.17, 15) is 5.11 Å². The largest absolute Gasteiger partial charge is 0.396 e. The molecule has 0 aromatic carbocycles. The Hall–Kier alpha value is -0.0800. The molecule has 5 nitrogen and oxygen atoms in total. The van der Waals surface area contributed by atoms with E-state index in [0.29, 0.717) is 12.0 Å². The van der Waals surface area contributed by atoms with Crippen molar-refractivity contribution < 1.29 is 9.84 Å². The molecule has 0 bridgehead atoms. The van der Waals surface area contributed by atoms with E-state index >= 15 is 0 Å². The van der Waals surface area contributed by atoms with Crippen LogP contribution in [0.3, 0.4) is 0 Å². The number of aliphatic imine (C=N–C) groups is 1. The summed E-state index contributed by atoms with van der Waals surface area (Å²) < 4.78 is 5.44. The van der Waals surface area contributed by atoms with Gasteiger partial charge < -0.3 is 20.5 Å². The van der Waals surface area contributed by atoms with Crippen LogP contribution in [0, 0.1) is 16.7 Å². The Bertz CT molecular complexity index is 405. The van der Waals surface area contributed by atoms with Crippen molar-refractivity contribution in [3.05, 3.63) is 0 Å². The number of hydrogen-bond donors (Lipinski definition) is 3. The molecule has 0 radical (unpaired) electrons. The van der Waals surface area contributed by atoms with Crippen LogP contribution in [-0.2, 0) is 4.74 Å². The Morgan fingerprint density at radius 1 is 1.12 bits per heavy atom. The van der Waals surface area contributed by atoms with Gasteiger partial charge in [0.25, 0.3) is 0 Å². The number of nitrogens with zero attached hydrogens (tertiary/aromatic N) is 1. The number of aliphatic hydroxyl groups excluding tert-OH is 1. The Morgan fingerprint density at radius 2 is 1.80 bits per heavy atom. The first kappa shape index (κ1) is 23.0. The molecule has 0 unspecified atom stereocenters. The zero-order valence-corrected chi connectivity index (χ0v) is 18.6. The first-order valence-electron chi connectivity index (χ1n) is 9.74. The average Bonchev–Trinajstić information content (AvgIpc) is 2.55. The topological polar surface area (TPSA) is 65.9 Å². The van der Waals surface area contributed by atoms with E-state index in [1.54, 1.807) is 0 Å². The number of aliphatic hydroxyl groups is 1. The fraction of sp³-hybridized carbons (Fsp3) is 0.947. The number of ether oxygens (including phenoxy) is 1. The average molecular weight is 467 g/mol. The third-order valence-corrected chi connectivity index (χ3v) is 5.69. The molecule has 2 rings (SSSR count). The van der Waals surface area contributed by atoms with E-state index in [2.05, 4.69) is 31.4 Å². The van der Waals surface area contributed by atoms with E-state index in [1.807, 2.05) is 0 Å². The number of hydrogen-bond acceptors (Lipinski definition) is 3. The van der Waals surface area contributed by atoms with E-state index < -0.39 is 0 Å². The summed E-state index contributed by atoms with van der Waals surface area (Å²) in [4.78, 5) is 4.80. The number of guanidine groups is 1. The van der Waals surface area contributed by atoms with Gasteiger partial charge in [0.15, 0.2) is 5.96 Å². The molecular weight excluding hydrogens is 429 g/mol. The third-order valence-electron chi connectivity index (χ3n) is 5.69. The Kier molecular flexibility index (Phi) is 10.0. The molecule has 148 valence electrons. The van der Waals surface area contributed by atoms with Gasteiger partial charge in [0.2, 0.25) is 0 Å². The van der Waals surface area contributed by atoms with Gasteiger partial charge in [0.05, 0.1) is 13.2 Å². The standard InChI is InChI=1S/C19H37N3O2.HI/c1-4-20-17(21-13-18(6-5-7-18)12-16(2)3)22-14-19(15-23)8-10-24-11-9-19;/h16,23H,4-15H2,1-3H3,(H2,20,21,22);1H. The minimum absolute atomic E-state index is 0.